The first kappa shape index (κ1) is 38.4. The number of urea groups is 1. The summed E-state index contributed by atoms with van der Waals surface area (Å²) in [4.78, 5) is 68.8. The lowest BCUT2D eigenvalue weighted by atomic mass is 9.76. The van der Waals surface area contributed by atoms with E-state index in [9.17, 15) is 24.0 Å². The van der Waals surface area contributed by atoms with Gasteiger partial charge in [-0.2, -0.15) is 0 Å². The molecule has 2 aliphatic carbocycles. The lowest BCUT2D eigenvalue weighted by Crippen LogP contribution is -2.63. The number of fused-ring (bicyclic) bond motifs is 1. The van der Waals surface area contributed by atoms with Crippen molar-refractivity contribution in [3.05, 3.63) is 35.9 Å². The van der Waals surface area contributed by atoms with E-state index in [2.05, 4.69) is 69.6 Å². The van der Waals surface area contributed by atoms with Crippen molar-refractivity contribution in [1.82, 2.24) is 20.9 Å². The number of nitrogens with one attached hydrogen (secondary N) is 3. The second-order valence-electron chi connectivity index (χ2n) is 17.5. The number of rotatable bonds is 16. The van der Waals surface area contributed by atoms with E-state index in [0.29, 0.717) is 31.2 Å². The summed E-state index contributed by atoms with van der Waals surface area (Å²) in [5.41, 5.74) is 5.11. The minimum absolute atomic E-state index is 0.101. The van der Waals surface area contributed by atoms with Gasteiger partial charge in [0, 0.05) is 12.1 Å². The molecule has 5 N–H and O–H groups in total. The third-order valence-electron chi connectivity index (χ3n) is 11.3. The van der Waals surface area contributed by atoms with Crippen molar-refractivity contribution in [2.75, 3.05) is 6.54 Å². The van der Waals surface area contributed by atoms with E-state index in [0.717, 1.165) is 37.7 Å². The smallest absolute Gasteiger partial charge is 0.315 e. The number of nitrogens with zero attached hydrogens (tertiary/aromatic N) is 1. The monoisotopic (exact) mass is 679 g/mol. The van der Waals surface area contributed by atoms with E-state index in [4.69, 9.17) is 5.73 Å². The Morgan fingerprint density at radius 2 is 1.61 bits per heavy atom. The Morgan fingerprint density at radius 3 is 2.14 bits per heavy atom. The van der Waals surface area contributed by atoms with Crippen LogP contribution in [-0.4, -0.2) is 64.6 Å². The van der Waals surface area contributed by atoms with Crippen LogP contribution in [-0.2, 0) is 25.6 Å². The van der Waals surface area contributed by atoms with Gasteiger partial charge in [0.2, 0.25) is 17.6 Å². The highest BCUT2D eigenvalue weighted by Crippen LogP contribution is 2.65. The van der Waals surface area contributed by atoms with Gasteiger partial charge in [0.25, 0.3) is 5.91 Å². The number of carbonyl (C=O) groups excluding carboxylic acids is 5. The first-order valence-electron chi connectivity index (χ1n) is 18.4. The highest BCUT2D eigenvalue weighted by molar-refractivity contribution is 6.37. The summed E-state index contributed by atoms with van der Waals surface area (Å²) < 4.78 is 0. The highest BCUT2D eigenvalue weighted by atomic mass is 16.2. The number of hydrogen-bond acceptors (Lipinski definition) is 5. The van der Waals surface area contributed by atoms with Crippen molar-refractivity contribution < 1.29 is 24.0 Å². The molecule has 0 radical (unpaired) electrons. The Kier molecular flexibility index (Phi) is 11.6. The van der Waals surface area contributed by atoms with Crippen LogP contribution in [0.5, 0.6) is 0 Å². The fraction of sp³-hybridized carbons (Fsp3) is 0.718. The molecule has 5 amide bonds. The molecule has 0 spiro atoms. The quantitative estimate of drug-likeness (QED) is 0.182. The zero-order chi connectivity index (χ0) is 36.5. The average Bonchev–Trinajstić information content (AvgIpc) is 3.85. The van der Waals surface area contributed by atoms with Crippen LogP contribution in [0.4, 0.5) is 4.79 Å². The molecule has 1 aliphatic heterocycles. The molecule has 4 rings (SSSR count). The van der Waals surface area contributed by atoms with E-state index in [-0.39, 0.29) is 29.1 Å². The first-order valence-corrected chi connectivity index (χ1v) is 18.4. The minimum atomic E-state index is -1.08. The predicted octanol–water partition coefficient (Wildman–Crippen LogP) is 4.99. The molecule has 0 aromatic heterocycles. The number of benzene rings is 1. The Labute approximate surface area is 293 Å². The lowest BCUT2D eigenvalue weighted by molar-refractivity contribution is -0.145. The number of likely N-dealkylation sites (tertiary alicyclic amines) is 1. The van der Waals surface area contributed by atoms with Crippen LogP contribution >= 0.6 is 0 Å². The molecular formula is C39H61N5O5. The number of hydrogen-bond donors (Lipinski definition) is 4. The van der Waals surface area contributed by atoms with E-state index >= 15 is 0 Å². The largest absolute Gasteiger partial charge is 0.363 e. The molecule has 3 fully saturated rings. The van der Waals surface area contributed by atoms with Crippen LogP contribution in [0.15, 0.2) is 30.3 Å². The second-order valence-corrected chi connectivity index (χ2v) is 17.5. The second kappa shape index (κ2) is 14.8. The predicted molar refractivity (Wildman–Crippen MR) is 191 cm³/mol. The number of primary amides is 1. The van der Waals surface area contributed by atoms with Crippen molar-refractivity contribution in [3.63, 3.8) is 0 Å². The third-order valence-corrected chi connectivity index (χ3v) is 11.3. The SMILES string of the molecule is CCC(C)CC(Cc1ccccc1)(CC(C)C)NC(=O)N[C@H](C(=O)N1C[C@H]2[C@@H]([C@H]1C(=O)NC(CC1CC1)C(=O)C(N)=O)C2(C)C)C(C)(C)C. The molecule has 1 heterocycles. The van der Waals surface area contributed by atoms with Gasteiger partial charge < -0.3 is 26.6 Å². The van der Waals surface area contributed by atoms with E-state index in [1.165, 1.54) is 0 Å². The van der Waals surface area contributed by atoms with Gasteiger partial charge in [-0.05, 0) is 71.7 Å². The number of nitrogens with two attached hydrogens (primary N) is 1. The fourth-order valence-corrected chi connectivity index (χ4v) is 8.34. The maximum Gasteiger partial charge on any atom is 0.315 e. The molecule has 1 aromatic rings. The molecule has 10 heteroatoms. The van der Waals surface area contributed by atoms with Crippen LogP contribution in [0, 0.1) is 40.4 Å². The number of carbonyl (C=O) groups is 5. The van der Waals surface area contributed by atoms with Crippen LogP contribution in [0.2, 0.25) is 0 Å². The van der Waals surface area contributed by atoms with Crippen molar-refractivity contribution >= 4 is 29.5 Å². The van der Waals surface area contributed by atoms with Gasteiger partial charge in [0.1, 0.15) is 12.1 Å². The van der Waals surface area contributed by atoms with Crippen LogP contribution in [0.1, 0.15) is 106 Å². The first-order chi connectivity index (χ1) is 22.8. The van der Waals surface area contributed by atoms with Crippen molar-refractivity contribution in [3.8, 4) is 0 Å². The van der Waals surface area contributed by atoms with E-state index < -0.39 is 52.7 Å². The van der Waals surface area contributed by atoms with Gasteiger partial charge in [-0.1, -0.05) is 112 Å². The minimum Gasteiger partial charge on any atom is -0.363 e. The maximum absolute atomic E-state index is 14.6. The van der Waals surface area contributed by atoms with Gasteiger partial charge in [-0.3, -0.25) is 19.2 Å². The Morgan fingerprint density at radius 1 is 0.980 bits per heavy atom. The summed E-state index contributed by atoms with van der Waals surface area (Å²) in [7, 11) is 0. The Balaban J connectivity index is 1.59. The Hall–Kier alpha value is -3.43. The van der Waals surface area contributed by atoms with Crippen molar-refractivity contribution in [2.24, 2.45) is 46.2 Å². The molecular weight excluding hydrogens is 618 g/mol. The highest BCUT2D eigenvalue weighted by Gasteiger charge is 2.70. The summed E-state index contributed by atoms with van der Waals surface area (Å²) in [6.45, 7) is 19.0. The summed E-state index contributed by atoms with van der Waals surface area (Å²) in [5, 5.41) is 9.27. The molecule has 1 saturated heterocycles. The zero-order valence-electron chi connectivity index (χ0n) is 31.2. The van der Waals surface area contributed by atoms with Crippen molar-refractivity contribution in [1.29, 1.82) is 0 Å². The van der Waals surface area contributed by atoms with Gasteiger partial charge >= 0.3 is 6.03 Å². The molecule has 2 saturated carbocycles. The van der Waals surface area contributed by atoms with Crippen LogP contribution in [0.25, 0.3) is 0 Å². The number of Topliss-reactive ketones (excluding diaryl/α,β-unsaturated/α-hetero) is 1. The molecule has 3 aliphatic rings. The molecule has 3 unspecified atom stereocenters. The molecule has 7 atom stereocenters. The number of ketones is 1. The standard InChI is InChI=1S/C39H61N5O5/c1-10-24(4)20-39(19-23(2)3,21-26-14-12-11-13-15-26)43-36(49)42-32(37(5,6)7)35(48)44-22-27-29(38(27,8)9)30(44)34(47)41-28(18-25-16-17-25)31(45)33(40)46/h11-15,23-25,27-30,32H,10,16-22H2,1-9H3,(H2,40,46)(H,41,47)(H2,42,43,49)/t24?,27-,28?,29-,30-,32+,39?/m0/s1. The molecule has 10 nitrogen and oxygen atoms in total. The van der Waals surface area contributed by atoms with Gasteiger partial charge in [0.15, 0.2) is 0 Å². The van der Waals surface area contributed by atoms with Gasteiger partial charge in [-0.15, -0.1) is 0 Å². The third kappa shape index (κ3) is 9.23. The molecule has 272 valence electrons. The topological polar surface area (TPSA) is 151 Å². The fourth-order valence-electron chi connectivity index (χ4n) is 8.34. The van der Waals surface area contributed by atoms with Crippen molar-refractivity contribution in [2.45, 2.75) is 131 Å². The maximum atomic E-state index is 14.6. The van der Waals surface area contributed by atoms with Crippen LogP contribution < -0.4 is 21.7 Å². The number of piperidine rings is 1. The van der Waals surface area contributed by atoms with Crippen LogP contribution in [0.3, 0.4) is 0 Å². The normalized spacial score (nSPS) is 24.2. The zero-order valence-corrected chi connectivity index (χ0v) is 31.2. The number of amides is 5. The molecule has 1 aromatic carbocycles. The van der Waals surface area contributed by atoms with Gasteiger partial charge in [-0.25, -0.2) is 4.79 Å². The van der Waals surface area contributed by atoms with E-state index in [1.807, 2.05) is 39.0 Å². The molecule has 49 heavy (non-hydrogen) atoms. The summed E-state index contributed by atoms with van der Waals surface area (Å²) in [6, 6.07) is 7.02. The summed E-state index contributed by atoms with van der Waals surface area (Å²) >= 11 is 0. The van der Waals surface area contributed by atoms with E-state index in [1.54, 1.807) is 4.90 Å². The molecule has 0 bridgehead atoms. The lowest BCUT2D eigenvalue weighted by Gasteiger charge is -2.41. The van der Waals surface area contributed by atoms with Gasteiger partial charge in [0.05, 0.1) is 6.04 Å². The summed E-state index contributed by atoms with van der Waals surface area (Å²) in [5.74, 6) is -1.71. The summed E-state index contributed by atoms with van der Waals surface area (Å²) in [6.07, 6.45) is 5.43. The Bertz CT molecular complexity index is 1380. The average molecular weight is 680 g/mol.